The highest BCUT2D eigenvalue weighted by Crippen LogP contribution is 2.38. The lowest BCUT2D eigenvalue weighted by Gasteiger charge is -2.32. The summed E-state index contributed by atoms with van der Waals surface area (Å²) in [6.07, 6.45) is 1.92. The molecule has 1 aliphatic heterocycles. The number of aliphatic hydroxyl groups is 1. The van der Waals surface area contributed by atoms with Crippen molar-refractivity contribution < 1.29 is 14.4 Å². The molecule has 0 radical (unpaired) electrons. The van der Waals surface area contributed by atoms with Gasteiger partial charge in [0.1, 0.15) is 0 Å². The largest absolute Gasteiger partial charge is 0.492 e. The minimum Gasteiger partial charge on any atom is -0.400 e. The Kier molecular flexibility index (Phi) is 3.86. The van der Waals surface area contributed by atoms with Gasteiger partial charge in [0, 0.05) is 0 Å². The fourth-order valence-electron chi connectivity index (χ4n) is 1.95. The Hall–Kier alpha value is -1.10. The monoisotopic (exact) mass is 260 g/mol. The van der Waals surface area contributed by atoms with Crippen LogP contribution in [0.5, 0.6) is 0 Å². The number of aliphatic hydroxyl groups excluding tert-OH is 1. The Morgan fingerprint density at radius 3 is 2.11 bits per heavy atom. The molecular weight excluding hydrogens is 239 g/mol. The summed E-state index contributed by atoms with van der Waals surface area (Å²) in [5, 5.41) is 9.56. The second-order valence-corrected chi connectivity index (χ2v) is 5.88. The molecule has 4 heteroatoms. The fraction of sp³-hybridized carbons (Fsp3) is 0.467. The van der Waals surface area contributed by atoms with Crippen LogP contribution in [0.1, 0.15) is 33.3 Å². The first-order chi connectivity index (χ1) is 8.86. The molecule has 0 aromatic heterocycles. The molecule has 0 atom stereocenters. The molecule has 0 aliphatic carbocycles. The van der Waals surface area contributed by atoms with E-state index in [1.54, 1.807) is 0 Å². The van der Waals surface area contributed by atoms with Crippen molar-refractivity contribution in [2.75, 3.05) is 6.61 Å². The van der Waals surface area contributed by atoms with Gasteiger partial charge in [0.05, 0.1) is 17.8 Å². The molecule has 19 heavy (non-hydrogen) atoms. The molecule has 0 unspecified atom stereocenters. The average molecular weight is 260 g/mol. The van der Waals surface area contributed by atoms with Crippen molar-refractivity contribution in [3.8, 4) is 0 Å². The van der Waals surface area contributed by atoms with E-state index < -0.39 is 7.12 Å². The van der Waals surface area contributed by atoms with Crippen molar-refractivity contribution in [1.29, 1.82) is 0 Å². The van der Waals surface area contributed by atoms with E-state index >= 15 is 0 Å². The third kappa shape index (κ3) is 2.91. The van der Waals surface area contributed by atoms with Gasteiger partial charge < -0.3 is 14.4 Å². The number of rotatable bonds is 3. The molecule has 0 saturated carbocycles. The van der Waals surface area contributed by atoms with Gasteiger partial charge >= 0.3 is 7.12 Å². The van der Waals surface area contributed by atoms with E-state index in [4.69, 9.17) is 9.31 Å². The third-order valence-corrected chi connectivity index (χ3v) is 3.89. The summed E-state index contributed by atoms with van der Waals surface area (Å²) in [7, 11) is -0.491. The van der Waals surface area contributed by atoms with Crippen LogP contribution in [0.3, 0.4) is 0 Å². The van der Waals surface area contributed by atoms with E-state index in [2.05, 4.69) is 0 Å². The lowest BCUT2D eigenvalue weighted by Crippen LogP contribution is -2.41. The molecule has 1 aliphatic rings. The first-order valence-electron chi connectivity index (χ1n) is 6.58. The zero-order chi connectivity index (χ0) is 14.1. The summed E-state index contributed by atoms with van der Waals surface area (Å²) >= 11 is 0. The number of benzene rings is 1. The molecule has 1 heterocycles. The Morgan fingerprint density at radius 2 is 1.63 bits per heavy atom. The summed E-state index contributed by atoms with van der Waals surface area (Å²) < 4.78 is 11.9. The highest BCUT2D eigenvalue weighted by atomic mass is 16.7. The van der Waals surface area contributed by atoms with Crippen LogP contribution < -0.4 is 0 Å². The van der Waals surface area contributed by atoms with Crippen molar-refractivity contribution in [3.05, 3.63) is 41.4 Å². The summed E-state index contributed by atoms with van der Waals surface area (Å²) in [5.74, 6) is 0. The molecule has 1 N–H and O–H groups in total. The molecule has 1 fully saturated rings. The van der Waals surface area contributed by atoms with Crippen LogP contribution in [-0.4, -0.2) is 30.0 Å². The van der Waals surface area contributed by atoms with Gasteiger partial charge in [-0.3, -0.25) is 0 Å². The molecule has 1 aromatic carbocycles. The third-order valence-electron chi connectivity index (χ3n) is 3.89. The van der Waals surface area contributed by atoms with E-state index in [-0.39, 0.29) is 17.8 Å². The van der Waals surface area contributed by atoms with Crippen molar-refractivity contribution in [2.45, 2.75) is 38.9 Å². The predicted octanol–water partition coefficient (Wildman–Crippen LogP) is 2.69. The maximum absolute atomic E-state index is 9.56. The molecular formula is C15H21BO3. The molecule has 0 bridgehead atoms. The minimum atomic E-state index is -0.491. The Bertz CT molecular complexity index is 450. The van der Waals surface area contributed by atoms with Gasteiger partial charge in [-0.25, -0.2) is 0 Å². The first-order valence-corrected chi connectivity index (χ1v) is 6.58. The molecule has 1 aromatic rings. The molecule has 102 valence electrons. The van der Waals surface area contributed by atoms with Gasteiger partial charge in [0.15, 0.2) is 0 Å². The zero-order valence-electron chi connectivity index (χ0n) is 12.0. The van der Waals surface area contributed by atoms with Crippen LogP contribution in [0.25, 0.3) is 6.08 Å². The summed E-state index contributed by atoms with van der Waals surface area (Å²) in [6.45, 7) is 7.94. The van der Waals surface area contributed by atoms with Crippen molar-refractivity contribution in [2.24, 2.45) is 0 Å². The maximum atomic E-state index is 9.56. The van der Waals surface area contributed by atoms with Gasteiger partial charge in [0.25, 0.3) is 0 Å². The van der Waals surface area contributed by atoms with Crippen molar-refractivity contribution in [3.63, 3.8) is 0 Å². The lowest BCUT2D eigenvalue weighted by molar-refractivity contribution is 0.00578. The fourth-order valence-corrected chi connectivity index (χ4v) is 1.95. The zero-order valence-corrected chi connectivity index (χ0v) is 12.0. The minimum absolute atomic E-state index is 0.0777. The standard InChI is InChI=1S/C15H21BO3/c1-14(2)15(3,4)19-16(18-14)13(11-17)10-12-8-6-5-7-9-12/h5-10,17H,11H2,1-4H3. The topological polar surface area (TPSA) is 38.7 Å². The lowest BCUT2D eigenvalue weighted by atomic mass is 9.77. The van der Waals surface area contributed by atoms with Crippen molar-refractivity contribution >= 4 is 13.2 Å². The van der Waals surface area contributed by atoms with E-state index in [0.29, 0.717) is 0 Å². The van der Waals surface area contributed by atoms with Gasteiger partial charge in [-0.1, -0.05) is 36.4 Å². The van der Waals surface area contributed by atoms with E-state index in [1.165, 1.54) is 0 Å². The van der Waals surface area contributed by atoms with Gasteiger partial charge in [0.2, 0.25) is 0 Å². The van der Waals surface area contributed by atoms with Crippen LogP contribution in [0, 0.1) is 0 Å². The van der Waals surface area contributed by atoms with E-state index in [1.807, 2.05) is 64.1 Å². The number of hydrogen-bond acceptors (Lipinski definition) is 3. The molecule has 0 amide bonds. The molecule has 1 saturated heterocycles. The second kappa shape index (κ2) is 5.12. The maximum Gasteiger partial charge on any atom is 0.492 e. The predicted molar refractivity (Wildman–Crippen MR) is 77.6 cm³/mol. The summed E-state index contributed by atoms with van der Waals surface area (Å²) in [6, 6.07) is 9.86. The van der Waals surface area contributed by atoms with Crippen LogP contribution in [-0.2, 0) is 9.31 Å². The Balaban J connectivity index is 2.23. The Labute approximate surface area is 115 Å². The summed E-state index contributed by atoms with van der Waals surface area (Å²) in [5.41, 5.74) is 0.997. The van der Waals surface area contributed by atoms with Crippen LogP contribution in [0.15, 0.2) is 35.8 Å². The van der Waals surface area contributed by atoms with Crippen LogP contribution in [0.4, 0.5) is 0 Å². The number of hydrogen-bond donors (Lipinski definition) is 1. The van der Waals surface area contributed by atoms with Gasteiger partial charge in [-0.15, -0.1) is 0 Å². The average Bonchev–Trinajstić information content (AvgIpc) is 2.56. The van der Waals surface area contributed by atoms with Crippen LogP contribution >= 0.6 is 0 Å². The quantitative estimate of drug-likeness (QED) is 0.849. The molecule has 2 rings (SSSR count). The van der Waals surface area contributed by atoms with Gasteiger partial charge in [-0.05, 0) is 38.7 Å². The Morgan fingerprint density at radius 1 is 1.11 bits per heavy atom. The smallest absolute Gasteiger partial charge is 0.400 e. The van der Waals surface area contributed by atoms with Crippen molar-refractivity contribution in [1.82, 2.24) is 0 Å². The SMILES string of the molecule is CC1(C)OB(C(=Cc2ccccc2)CO)OC1(C)C. The van der Waals surface area contributed by atoms with Gasteiger partial charge in [-0.2, -0.15) is 0 Å². The first kappa shape index (κ1) is 14.3. The summed E-state index contributed by atoms with van der Waals surface area (Å²) in [4.78, 5) is 0. The highest BCUT2D eigenvalue weighted by Gasteiger charge is 2.52. The highest BCUT2D eigenvalue weighted by molar-refractivity contribution is 6.55. The normalized spacial score (nSPS) is 21.7. The molecule has 0 spiro atoms. The van der Waals surface area contributed by atoms with E-state index in [9.17, 15) is 5.11 Å². The van der Waals surface area contributed by atoms with E-state index in [0.717, 1.165) is 11.0 Å². The second-order valence-electron chi connectivity index (χ2n) is 5.88. The molecule has 3 nitrogen and oxygen atoms in total. The van der Waals surface area contributed by atoms with Crippen LogP contribution in [0.2, 0.25) is 0 Å².